The van der Waals surface area contributed by atoms with Gasteiger partial charge >= 0.3 is 0 Å². The second-order valence-corrected chi connectivity index (χ2v) is 4.41. The van der Waals surface area contributed by atoms with Gasteiger partial charge in [0.25, 0.3) is 0 Å². The normalized spacial score (nSPS) is 9.67. The number of aryl methyl sites for hydroxylation is 1. The highest BCUT2D eigenvalue weighted by Crippen LogP contribution is 2.21. The summed E-state index contributed by atoms with van der Waals surface area (Å²) in [6.07, 6.45) is 4.00. The van der Waals surface area contributed by atoms with Gasteiger partial charge in [0.15, 0.2) is 12.4 Å². The molecule has 0 saturated carbocycles. The number of hydrogen-bond acceptors (Lipinski definition) is 0. The van der Waals surface area contributed by atoms with Crippen LogP contribution in [-0.4, -0.2) is 0 Å². The van der Waals surface area contributed by atoms with E-state index in [1.165, 1.54) is 5.39 Å². The summed E-state index contributed by atoms with van der Waals surface area (Å²) in [5.41, 5.74) is 0. The molecule has 2 heteroatoms. The van der Waals surface area contributed by atoms with Crippen molar-refractivity contribution in [1.29, 1.82) is 0 Å². The number of pyridine rings is 1. The summed E-state index contributed by atoms with van der Waals surface area (Å²) in [5, 5.41) is 3.14. The zero-order valence-electron chi connectivity index (χ0n) is 10.3. The van der Waals surface area contributed by atoms with Crippen LogP contribution in [-0.2, 0) is 7.05 Å². The lowest BCUT2D eigenvalue weighted by molar-refractivity contribution is -0.671. The van der Waals surface area contributed by atoms with Gasteiger partial charge in [-0.1, -0.05) is 54.1 Å². The third kappa shape index (κ3) is 3.31. The Hall–Kier alpha value is -1.86. The van der Waals surface area contributed by atoms with Crippen molar-refractivity contribution >= 4 is 22.4 Å². The van der Waals surface area contributed by atoms with E-state index in [-0.39, 0.29) is 0 Å². The Kier molecular flexibility index (Phi) is 4.32. The molecular formula is C16H15ClN+. The first-order valence-electron chi connectivity index (χ1n) is 5.81. The summed E-state index contributed by atoms with van der Waals surface area (Å²) in [4.78, 5) is 0. The first-order chi connectivity index (χ1) is 8.77. The van der Waals surface area contributed by atoms with Crippen molar-refractivity contribution in [3.63, 3.8) is 0 Å². The average Bonchev–Trinajstić information content (AvgIpc) is 2.41. The lowest BCUT2D eigenvalue weighted by atomic mass is 10.1. The largest absolute Gasteiger partial charge is 0.208 e. The van der Waals surface area contributed by atoms with Crippen molar-refractivity contribution in [2.75, 3.05) is 0 Å². The number of halogens is 1. The van der Waals surface area contributed by atoms with Crippen LogP contribution in [0, 0.1) is 0 Å². The second-order valence-electron chi connectivity index (χ2n) is 4.00. The molecule has 0 fully saturated rings. The summed E-state index contributed by atoms with van der Waals surface area (Å²) < 4.78 is 2.00. The number of rotatable bonds is 0. The molecule has 0 aliphatic heterocycles. The maximum atomic E-state index is 5.96. The minimum Gasteiger partial charge on any atom is -0.208 e. The molecule has 0 spiro atoms. The molecule has 0 amide bonds. The van der Waals surface area contributed by atoms with Crippen LogP contribution in [0.1, 0.15) is 0 Å². The fraction of sp³-hybridized carbons (Fsp3) is 0.0625. The number of nitrogens with zero attached hydrogens (tertiary/aromatic N) is 1. The molecule has 0 saturated heterocycles. The first-order valence-corrected chi connectivity index (χ1v) is 6.19. The van der Waals surface area contributed by atoms with Gasteiger partial charge in [-0.05, 0) is 11.5 Å². The monoisotopic (exact) mass is 256 g/mol. The molecule has 90 valence electrons. The van der Waals surface area contributed by atoms with E-state index >= 15 is 0 Å². The molecule has 1 heterocycles. The zero-order chi connectivity index (χ0) is 12.8. The van der Waals surface area contributed by atoms with E-state index in [0.29, 0.717) is 0 Å². The number of aromatic nitrogens is 1. The molecule has 0 radical (unpaired) electrons. The van der Waals surface area contributed by atoms with Crippen molar-refractivity contribution in [1.82, 2.24) is 0 Å². The van der Waals surface area contributed by atoms with E-state index in [2.05, 4.69) is 12.1 Å². The smallest absolute Gasteiger partial charge is 0.168 e. The maximum Gasteiger partial charge on any atom is 0.168 e. The molecule has 1 nitrogen and oxygen atoms in total. The van der Waals surface area contributed by atoms with E-state index in [0.717, 1.165) is 10.4 Å². The van der Waals surface area contributed by atoms with Crippen molar-refractivity contribution < 1.29 is 4.57 Å². The zero-order valence-corrected chi connectivity index (χ0v) is 11.0. The summed E-state index contributed by atoms with van der Waals surface area (Å²) >= 11 is 5.96. The van der Waals surface area contributed by atoms with E-state index in [1.54, 1.807) is 0 Å². The second kappa shape index (κ2) is 6.18. The molecule has 0 aliphatic rings. The van der Waals surface area contributed by atoms with Gasteiger partial charge in [0, 0.05) is 22.5 Å². The van der Waals surface area contributed by atoms with E-state index < -0.39 is 0 Å². The van der Waals surface area contributed by atoms with Crippen LogP contribution >= 0.6 is 11.6 Å². The predicted octanol–water partition coefficient (Wildman–Crippen LogP) is 4.00. The summed E-state index contributed by atoms with van der Waals surface area (Å²) in [6, 6.07) is 20.0. The average molecular weight is 257 g/mol. The highest BCUT2D eigenvalue weighted by atomic mass is 35.5. The number of hydrogen-bond donors (Lipinski definition) is 0. The Labute approximate surface area is 112 Å². The minimum atomic E-state index is 0.822. The Balaban J connectivity index is 0.000000149. The van der Waals surface area contributed by atoms with Crippen molar-refractivity contribution in [2.24, 2.45) is 7.05 Å². The van der Waals surface area contributed by atoms with E-state index in [4.69, 9.17) is 11.6 Å². The Morgan fingerprint density at radius 3 is 2.06 bits per heavy atom. The quantitative estimate of drug-likeness (QED) is 0.535. The lowest BCUT2D eigenvalue weighted by Crippen LogP contribution is -2.25. The molecule has 0 aliphatic carbocycles. The highest BCUT2D eigenvalue weighted by molar-refractivity contribution is 6.35. The van der Waals surface area contributed by atoms with Gasteiger partial charge in [-0.15, -0.1) is 0 Å². The van der Waals surface area contributed by atoms with Crippen LogP contribution in [0.5, 0.6) is 0 Å². The summed E-state index contributed by atoms with van der Waals surface area (Å²) in [7, 11) is 2.00. The van der Waals surface area contributed by atoms with Crippen LogP contribution in [0.25, 0.3) is 10.8 Å². The molecule has 3 aromatic rings. The third-order valence-electron chi connectivity index (χ3n) is 2.60. The first kappa shape index (κ1) is 12.6. The third-order valence-corrected chi connectivity index (χ3v) is 2.93. The van der Waals surface area contributed by atoms with Crippen molar-refractivity contribution in [2.45, 2.75) is 0 Å². The van der Waals surface area contributed by atoms with Crippen LogP contribution < -0.4 is 4.57 Å². The maximum absolute atomic E-state index is 5.96. The fourth-order valence-electron chi connectivity index (χ4n) is 1.67. The van der Waals surface area contributed by atoms with Gasteiger partial charge in [-0.2, -0.15) is 0 Å². The molecule has 18 heavy (non-hydrogen) atoms. The Morgan fingerprint density at radius 2 is 1.44 bits per heavy atom. The summed E-state index contributed by atoms with van der Waals surface area (Å²) in [6.45, 7) is 0. The number of fused-ring (bicyclic) bond motifs is 1. The Bertz CT molecular complexity index is 615. The molecule has 0 N–H and O–H groups in total. The standard InChI is InChI=1S/C10H7Cl.C6H8N/c11-10-7-3-5-8-4-1-2-6-9(8)10;1-7-5-3-2-4-6-7/h1-7H;2-6H,1H3/q;+1. The van der Waals surface area contributed by atoms with Crippen molar-refractivity contribution in [3.8, 4) is 0 Å². The Morgan fingerprint density at radius 1 is 0.778 bits per heavy atom. The highest BCUT2D eigenvalue weighted by Gasteiger charge is 1.93. The van der Waals surface area contributed by atoms with Crippen LogP contribution in [0.2, 0.25) is 5.02 Å². The number of benzene rings is 2. The molecule has 0 atom stereocenters. The molecular weight excluding hydrogens is 242 g/mol. The van der Waals surface area contributed by atoms with Gasteiger partial charge in [0.1, 0.15) is 7.05 Å². The molecule has 1 aromatic heterocycles. The topological polar surface area (TPSA) is 3.88 Å². The van der Waals surface area contributed by atoms with E-state index in [9.17, 15) is 0 Å². The fourth-order valence-corrected chi connectivity index (χ4v) is 1.92. The van der Waals surface area contributed by atoms with Gasteiger partial charge < -0.3 is 0 Å². The summed E-state index contributed by atoms with van der Waals surface area (Å²) in [5.74, 6) is 0. The van der Waals surface area contributed by atoms with Crippen molar-refractivity contribution in [3.05, 3.63) is 78.1 Å². The van der Waals surface area contributed by atoms with Gasteiger partial charge in [-0.3, -0.25) is 0 Å². The van der Waals surface area contributed by atoms with Crippen LogP contribution in [0.3, 0.4) is 0 Å². The minimum absolute atomic E-state index is 0.822. The molecule has 3 rings (SSSR count). The predicted molar refractivity (Wildman–Crippen MR) is 76.6 cm³/mol. The van der Waals surface area contributed by atoms with Gasteiger partial charge in [-0.25, -0.2) is 4.57 Å². The molecule has 0 unspecified atom stereocenters. The van der Waals surface area contributed by atoms with Gasteiger partial charge in [0.05, 0.1) is 0 Å². The lowest BCUT2D eigenvalue weighted by Gasteiger charge is -1.97. The van der Waals surface area contributed by atoms with Gasteiger partial charge in [0.2, 0.25) is 0 Å². The van der Waals surface area contributed by atoms with Crippen LogP contribution in [0.4, 0.5) is 0 Å². The SMILES string of the molecule is C[n+]1ccccc1.Clc1cccc2ccccc12. The van der Waals surface area contributed by atoms with E-state index in [1.807, 2.05) is 72.5 Å². The molecule has 0 bridgehead atoms. The van der Waals surface area contributed by atoms with Crippen LogP contribution in [0.15, 0.2) is 73.1 Å². The molecule has 2 aromatic carbocycles.